The van der Waals surface area contributed by atoms with Crippen LogP contribution in [0.5, 0.6) is 0 Å². The monoisotopic (exact) mass is 362 g/mol. The fourth-order valence-electron chi connectivity index (χ4n) is 1.69. The van der Waals surface area contributed by atoms with E-state index >= 15 is 0 Å². The van der Waals surface area contributed by atoms with E-state index in [0.29, 0.717) is 19.5 Å². The Balaban J connectivity index is 0.000000312. The molecule has 21 heavy (non-hydrogen) atoms. The molecule has 124 valence electrons. The molecule has 2 aliphatic rings. The molecule has 3 N–H and O–H groups in total. The van der Waals surface area contributed by atoms with Gasteiger partial charge in [0.2, 0.25) is 11.1 Å². The van der Waals surface area contributed by atoms with Crippen LogP contribution in [0, 0.1) is 0 Å². The maximum Gasteiger partial charge on any atom is 0.237 e. The molecule has 6 nitrogen and oxygen atoms in total. The minimum absolute atomic E-state index is 0.0206. The highest BCUT2D eigenvalue weighted by Crippen LogP contribution is 2.08. The van der Waals surface area contributed by atoms with Crippen molar-refractivity contribution in [2.45, 2.75) is 25.0 Å². The number of alkyl halides is 2. The summed E-state index contributed by atoms with van der Waals surface area (Å²) in [6, 6.07) is 0. The lowest BCUT2D eigenvalue weighted by atomic mass is 10.3. The number of likely N-dealkylation sites (tertiary alicyclic amines) is 1. The number of hydrogen-bond acceptors (Lipinski definition) is 5. The van der Waals surface area contributed by atoms with E-state index in [-0.39, 0.29) is 29.9 Å². The van der Waals surface area contributed by atoms with E-state index in [1.54, 1.807) is 4.90 Å². The van der Waals surface area contributed by atoms with Crippen LogP contribution in [0.3, 0.4) is 0 Å². The molecular formula is C12H21Cl3N2O4. The van der Waals surface area contributed by atoms with Crippen molar-refractivity contribution in [3.05, 3.63) is 0 Å². The molecule has 0 unspecified atom stereocenters. The average Bonchev–Trinajstić information content (AvgIpc) is 3.10. The molecule has 2 rings (SSSR count). The quantitative estimate of drug-likeness (QED) is 0.480. The smallest absolute Gasteiger partial charge is 0.237 e. The number of rotatable bonds is 2. The first-order chi connectivity index (χ1) is 9.90. The normalized spacial score (nSPS) is 23.8. The lowest BCUT2D eigenvalue weighted by Gasteiger charge is -2.12. The van der Waals surface area contributed by atoms with E-state index in [2.05, 4.69) is 5.32 Å². The first-order valence-electron chi connectivity index (χ1n) is 6.55. The van der Waals surface area contributed by atoms with Gasteiger partial charge in [-0.1, -0.05) is 0 Å². The minimum atomic E-state index is -0.508. The Morgan fingerprint density at radius 3 is 2.00 bits per heavy atom. The van der Waals surface area contributed by atoms with Crippen LogP contribution in [0.25, 0.3) is 0 Å². The molecule has 0 saturated carbocycles. The Labute approximate surface area is 139 Å². The number of β-amino-alcohol motifs (C(OH)–C–C–N with tert-alkyl or cyclic N) is 2. The van der Waals surface area contributed by atoms with Gasteiger partial charge in [0.05, 0.1) is 18.1 Å². The van der Waals surface area contributed by atoms with Crippen molar-refractivity contribution in [1.82, 2.24) is 10.2 Å². The standard InChI is InChI=1S/C6H10ClNO2.C4H9NO.C2H2Cl2O/c7-3-6(10)8-2-1-5(9)4-8;6-4-1-2-5-3-4;3-1-2(4)5/h5,9H,1-4H2;4-6H,1-3H2;1H2/t5-;4-;/m11./s1. The highest BCUT2D eigenvalue weighted by molar-refractivity contribution is 6.67. The third-order valence-corrected chi connectivity index (χ3v) is 3.51. The zero-order chi connectivity index (χ0) is 16.3. The van der Waals surface area contributed by atoms with Crippen LogP contribution in [0.2, 0.25) is 0 Å². The molecule has 0 bridgehead atoms. The van der Waals surface area contributed by atoms with Gasteiger partial charge in [-0.25, -0.2) is 0 Å². The molecule has 2 saturated heterocycles. The Bertz CT molecular complexity index is 315. The van der Waals surface area contributed by atoms with Crippen molar-refractivity contribution in [2.75, 3.05) is 37.9 Å². The maximum absolute atomic E-state index is 10.8. The summed E-state index contributed by atoms with van der Waals surface area (Å²) in [5.74, 6) is -0.160. The highest BCUT2D eigenvalue weighted by atomic mass is 35.5. The average molecular weight is 364 g/mol. The summed E-state index contributed by atoms with van der Waals surface area (Å²) in [4.78, 5) is 21.9. The van der Waals surface area contributed by atoms with Gasteiger partial charge in [0.25, 0.3) is 0 Å². The van der Waals surface area contributed by atoms with E-state index in [9.17, 15) is 9.59 Å². The Kier molecular flexibility index (Phi) is 12.4. The molecule has 1 amide bonds. The van der Waals surface area contributed by atoms with Crippen LogP contribution in [-0.2, 0) is 9.59 Å². The van der Waals surface area contributed by atoms with Gasteiger partial charge in [-0.3, -0.25) is 9.59 Å². The second-order valence-corrected chi connectivity index (χ2v) is 5.51. The number of nitrogens with zero attached hydrogens (tertiary/aromatic N) is 1. The SMILES string of the molecule is O=C(CCl)N1CC[C@@H](O)C1.O=C(Cl)CCl.O[C@@H]1CCNC1. The molecule has 0 aromatic carbocycles. The summed E-state index contributed by atoms with van der Waals surface area (Å²) in [6.45, 7) is 2.87. The first kappa shape index (κ1) is 20.9. The Morgan fingerprint density at radius 1 is 1.14 bits per heavy atom. The largest absolute Gasteiger partial charge is 0.392 e. The maximum atomic E-state index is 10.8. The van der Waals surface area contributed by atoms with E-state index in [1.165, 1.54) is 0 Å². The molecule has 0 aromatic rings. The molecule has 0 radical (unpaired) electrons. The van der Waals surface area contributed by atoms with E-state index < -0.39 is 5.24 Å². The van der Waals surface area contributed by atoms with E-state index in [0.717, 1.165) is 19.5 Å². The molecule has 2 heterocycles. The van der Waals surface area contributed by atoms with Gasteiger partial charge in [0, 0.05) is 19.6 Å². The fourth-order valence-corrected chi connectivity index (χ4v) is 1.86. The van der Waals surface area contributed by atoms with Gasteiger partial charge in [0.1, 0.15) is 5.88 Å². The molecular weight excluding hydrogens is 343 g/mol. The summed E-state index contributed by atoms with van der Waals surface area (Å²) in [6.07, 6.45) is 1.21. The molecule has 0 spiro atoms. The molecule has 0 aromatic heterocycles. The zero-order valence-corrected chi connectivity index (χ0v) is 13.9. The predicted molar refractivity (Wildman–Crippen MR) is 83.0 cm³/mol. The summed E-state index contributed by atoms with van der Waals surface area (Å²) >= 11 is 14.9. The fraction of sp³-hybridized carbons (Fsp3) is 0.833. The number of carbonyl (C=O) groups is 2. The summed E-state index contributed by atoms with van der Waals surface area (Å²) < 4.78 is 0. The molecule has 2 aliphatic heterocycles. The third-order valence-electron chi connectivity index (χ3n) is 2.77. The second-order valence-electron chi connectivity index (χ2n) is 4.55. The van der Waals surface area contributed by atoms with Gasteiger partial charge in [-0.15, -0.1) is 23.2 Å². The zero-order valence-electron chi connectivity index (χ0n) is 11.6. The van der Waals surface area contributed by atoms with E-state index in [1.807, 2.05) is 0 Å². The van der Waals surface area contributed by atoms with Gasteiger partial charge in [-0.05, 0) is 31.0 Å². The molecule has 2 atom stereocenters. The van der Waals surface area contributed by atoms with Crippen molar-refractivity contribution in [3.63, 3.8) is 0 Å². The topological polar surface area (TPSA) is 89.9 Å². The van der Waals surface area contributed by atoms with Crippen LogP contribution in [0.1, 0.15) is 12.8 Å². The summed E-state index contributed by atoms with van der Waals surface area (Å²) in [5.41, 5.74) is 0. The third kappa shape index (κ3) is 11.2. The van der Waals surface area contributed by atoms with E-state index in [4.69, 9.17) is 45.0 Å². The van der Waals surface area contributed by atoms with Gasteiger partial charge in [0.15, 0.2) is 0 Å². The number of hydrogen-bond donors (Lipinski definition) is 3. The number of carbonyl (C=O) groups excluding carboxylic acids is 2. The summed E-state index contributed by atoms with van der Waals surface area (Å²) in [7, 11) is 0. The second kappa shape index (κ2) is 12.4. The van der Waals surface area contributed by atoms with Crippen LogP contribution >= 0.6 is 34.8 Å². The Hall–Kier alpha value is -0.110. The molecule has 0 aliphatic carbocycles. The molecule has 9 heteroatoms. The predicted octanol–water partition coefficient (Wildman–Crippen LogP) is 0.150. The van der Waals surface area contributed by atoms with Gasteiger partial charge >= 0.3 is 0 Å². The number of halogens is 3. The summed E-state index contributed by atoms with van der Waals surface area (Å²) in [5, 5.41) is 20.2. The van der Waals surface area contributed by atoms with Crippen molar-refractivity contribution in [1.29, 1.82) is 0 Å². The van der Waals surface area contributed by atoms with Crippen LogP contribution in [0.4, 0.5) is 0 Å². The van der Waals surface area contributed by atoms with Crippen molar-refractivity contribution >= 4 is 46.0 Å². The lowest BCUT2D eigenvalue weighted by molar-refractivity contribution is -0.127. The van der Waals surface area contributed by atoms with Crippen LogP contribution in [-0.4, -0.2) is 76.4 Å². The Morgan fingerprint density at radius 2 is 1.76 bits per heavy atom. The number of aliphatic hydroxyl groups excluding tert-OH is 2. The van der Waals surface area contributed by atoms with Crippen molar-refractivity contribution in [3.8, 4) is 0 Å². The first-order valence-corrected chi connectivity index (χ1v) is 8.00. The van der Waals surface area contributed by atoms with Gasteiger partial charge in [-0.2, -0.15) is 0 Å². The minimum Gasteiger partial charge on any atom is -0.392 e. The van der Waals surface area contributed by atoms with Gasteiger partial charge < -0.3 is 20.4 Å². The lowest BCUT2D eigenvalue weighted by Crippen LogP contribution is -2.30. The number of aliphatic hydroxyl groups is 2. The van der Waals surface area contributed by atoms with Crippen molar-refractivity contribution < 1.29 is 19.8 Å². The van der Waals surface area contributed by atoms with Crippen LogP contribution < -0.4 is 5.32 Å². The number of nitrogens with one attached hydrogen (secondary N) is 1. The highest BCUT2D eigenvalue weighted by Gasteiger charge is 2.23. The molecule has 2 fully saturated rings. The van der Waals surface area contributed by atoms with Crippen molar-refractivity contribution in [2.24, 2.45) is 0 Å². The number of amides is 1. The van der Waals surface area contributed by atoms with Crippen LogP contribution in [0.15, 0.2) is 0 Å².